The zero-order valence-corrected chi connectivity index (χ0v) is 22.0. The van der Waals surface area contributed by atoms with E-state index >= 15 is 0 Å². The summed E-state index contributed by atoms with van der Waals surface area (Å²) in [5, 5.41) is 2.16. The highest BCUT2D eigenvalue weighted by atomic mass is 32.2. The molecule has 0 saturated carbocycles. The first kappa shape index (κ1) is 28.4. The molecule has 2 aromatic carbocycles. The van der Waals surface area contributed by atoms with E-state index in [4.69, 9.17) is 18.4 Å². The van der Waals surface area contributed by atoms with Gasteiger partial charge in [0.1, 0.15) is 18.4 Å². The number of carbonyl (C=O) groups excluding carboxylic acids is 4. The van der Waals surface area contributed by atoms with Crippen LogP contribution in [0.1, 0.15) is 39.1 Å². The van der Waals surface area contributed by atoms with Gasteiger partial charge < -0.3 is 14.2 Å². The van der Waals surface area contributed by atoms with Crippen molar-refractivity contribution in [1.29, 1.82) is 0 Å². The Labute approximate surface area is 225 Å². The molecule has 2 aromatic rings. The summed E-state index contributed by atoms with van der Waals surface area (Å²) in [6.07, 6.45) is 0.132. The van der Waals surface area contributed by atoms with Crippen LogP contribution in [-0.4, -0.2) is 82.6 Å². The average molecular weight is 561 g/mol. The second-order valence-corrected chi connectivity index (χ2v) is 10.4. The summed E-state index contributed by atoms with van der Waals surface area (Å²) in [5.41, 5.74) is 1.24. The van der Waals surface area contributed by atoms with Crippen LogP contribution in [0.15, 0.2) is 47.4 Å². The van der Waals surface area contributed by atoms with Crippen LogP contribution in [0.5, 0.6) is 5.75 Å². The van der Waals surface area contributed by atoms with Crippen LogP contribution in [0.4, 0.5) is 0 Å². The fourth-order valence-corrected chi connectivity index (χ4v) is 4.95. The molecule has 1 atom stereocenters. The second-order valence-electron chi connectivity index (χ2n) is 8.82. The van der Waals surface area contributed by atoms with Gasteiger partial charge in [0.15, 0.2) is 0 Å². The van der Waals surface area contributed by atoms with Gasteiger partial charge in [-0.05, 0) is 43.7 Å². The number of piperidine rings is 1. The number of rotatable bonds is 13. The Hall–Kier alpha value is -3.65. The minimum Gasteiger partial charge on any atom is -0.491 e. The number of nitrogens with one attached hydrogen (secondary N) is 1. The highest BCUT2D eigenvalue weighted by molar-refractivity contribution is 7.86. The van der Waals surface area contributed by atoms with E-state index in [2.05, 4.69) is 5.32 Å². The summed E-state index contributed by atoms with van der Waals surface area (Å²) >= 11 is 0. The summed E-state index contributed by atoms with van der Waals surface area (Å²) < 4.78 is 45.5. The van der Waals surface area contributed by atoms with E-state index in [1.54, 1.807) is 18.2 Å². The monoisotopic (exact) mass is 560 g/mol. The van der Waals surface area contributed by atoms with Crippen LogP contribution in [-0.2, 0) is 33.4 Å². The number of hydrogen-bond acceptors (Lipinski definition) is 10. The van der Waals surface area contributed by atoms with Crippen molar-refractivity contribution in [3.8, 4) is 5.75 Å². The molecule has 4 amide bonds. The Bertz CT molecular complexity index is 1360. The lowest BCUT2D eigenvalue weighted by atomic mass is 10.0. The molecule has 13 heteroatoms. The number of aryl methyl sites for hydroxylation is 1. The predicted molar refractivity (Wildman–Crippen MR) is 135 cm³/mol. The molecule has 12 nitrogen and oxygen atoms in total. The molecule has 1 unspecified atom stereocenters. The molecule has 2 aliphatic heterocycles. The molecule has 208 valence electrons. The van der Waals surface area contributed by atoms with Crippen molar-refractivity contribution >= 4 is 33.7 Å². The molecule has 0 aliphatic carbocycles. The van der Waals surface area contributed by atoms with Crippen molar-refractivity contribution < 1.29 is 46.0 Å². The number of fused-ring (bicyclic) bond motifs is 1. The summed E-state index contributed by atoms with van der Waals surface area (Å²) in [7, 11) is -3.83. The molecule has 1 N–H and O–H groups in total. The molecule has 0 bridgehead atoms. The van der Waals surface area contributed by atoms with E-state index in [0.29, 0.717) is 5.75 Å². The number of nitrogens with zero attached hydrogens (tertiary/aromatic N) is 1. The third kappa shape index (κ3) is 6.87. The topological polar surface area (TPSA) is 155 Å². The molecule has 0 radical (unpaired) electrons. The maximum Gasteiger partial charge on any atom is 0.297 e. The Morgan fingerprint density at radius 2 is 1.49 bits per heavy atom. The fourth-order valence-electron chi connectivity index (χ4n) is 4.06. The van der Waals surface area contributed by atoms with Crippen molar-refractivity contribution in [3.05, 3.63) is 59.2 Å². The molecule has 39 heavy (non-hydrogen) atoms. The van der Waals surface area contributed by atoms with E-state index < -0.39 is 39.8 Å². The number of imide groups is 2. The number of carbonyl (C=O) groups is 4. The maximum atomic E-state index is 12.9. The van der Waals surface area contributed by atoms with Gasteiger partial charge in [-0.3, -0.25) is 33.6 Å². The molecule has 1 saturated heterocycles. The number of ether oxygens (including phenoxy) is 3. The number of amides is 4. The lowest BCUT2D eigenvalue weighted by Crippen LogP contribution is -2.54. The normalized spacial score (nSPS) is 17.4. The molecule has 0 spiro atoms. The molecular weight excluding hydrogens is 532 g/mol. The van der Waals surface area contributed by atoms with Crippen LogP contribution in [0.3, 0.4) is 0 Å². The highest BCUT2D eigenvalue weighted by Gasteiger charge is 2.44. The number of benzene rings is 2. The fraction of sp³-hybridized carbons (Fsp3) is 0.385. The van der Waals surface area contributed by atoms with Crippen molar-refractivity contribution in [2.75, 3.05) is 39.6 Å². The Balaban J connectivity index is 1.13. The van der Waals surface area contributed by atoms with Gasteiger partial charge in [-0.25, -0.2) is 0 Å². The minimum absolute atomic E-state index is 0.0485. The quantitative estimate of drug-likeness (QED) is 0.215. The Morgan fingerprint density at radius 3 is 2.18 bits per heavy atom. The molecule has 1 fully saturated rings. The molecular formula is C26H28N2O10S. The minimum atomic E-state index is -3.83. The van der Waals surface area contributed by atoms with Gasteiger partial charge in [0.2, 0.25) is 11.8 Å². The van der Waals surface area contributed by atoms with Gasteiger partial charge in [0.25, 0.3) is 21.9 Å². The third-order valence-electron chi connectivity index (χ3n) is 6.06. The van der Waals surface area contributed by atoms with Gasteiger partial charge in [-0.1, -0.05) is 17.7 Å². The van der Waals surface area contributed by atoms with Gasteiger partial charge in [0.05, 0.1) is 49.1 Å². The van der Waals surface area contributed by atoms with Crippen LogP contribution in [0.25, 0.3) is 0 Å². The first-order valence-corrected chi connectivity index (χ1v) is 13.7. The van der Waals surface area contributed by atoms with Gasteiger partial charge >= 0.3 is 0 Å². The molecule has 0 aromatic heterocycles. The lowest BCUT2D eigenvalue weighted by Gasteiger charge is -2.27. The van der Waals surface area contributed by atoms with Crippen LogP contribution < -0.4 is 10.1 Å². The Morgan fingerprint density at radius 1 is 0.846 bits per heavy atom. The molecule has 2 heterocycles. The van der Waals surface area contributed by atoms with Crippen molar-refractivity contribution in [2.45, 2.75) is 30.7 Å². The standard InChI is InChI=1S/C26H28N2O10S/c1-17-2-5-19(6-3-17)39(33,34)38-15-13-36-11-10-35-12-14-37-18-4-7-20-21(16-18)26(32)28(25(20)31)22-8-9-23(29)27-24(22)30/h2-7,16,22H,8-15H2,1H3,(H,27,29,30). The molecule has 4 rings (SSSR count). The van der Waals surface area contributed by atoms with Gasteiger partial charge in [-0.2, -0.15) is 8.42 Å². The zero-order valence-electron chi connectivity index (χ0n) is 21.2. The summed E-state index contributed by atoms with van der Waals surface area (Å²) in [5.74, 6) is -1.95. The van der Waals surface area contributed by atoms with E-state index in [9.17, 15) is 27.6 Å². The lowest BCUT2D eigenvalue weighted by molar-refractivity contribution is -0.136. The zero-order chi connectivity index (χ0) is 28.0. The second kappa shape index (κ2) is 12.5. The van der Waals surface area contributed by atoms with Crippen molar-refractivity contribution in [1.82, 2.24) is 10.2 Å². The van der Waals surface area contributed by atoms with Gasteiger partial charge in [0, 0.05) is 6.42 Å². The molecule has 2 aliphatic rings. The van der Waals surface area contributed by atoms with Crippen LogP contribution in [0.2, 0.25) is 0 Å². The average Bonchev–Trinajstić information content (AvgIpc) is 3.14. The summed E-state index contributed by atoms with van der Waals surface area (Å²) in [6, 6.07) is 9.77. The van der Waals surface area contributed by atoms with E-state index in [-0.39, 0.29) is 68.5 Å². The largest absolute Gasteiger partial charge is 0.491 e. The predicted octanol–water partition coefficient (Wildman–Crippen LogP) is 1.21. The first-order chi connectivity index (χ1) is 18.7. The number of hydrogen-bond donors (Lipinski definition) is 1. The summed E-state index contributed by atoms with van der Waals surface area (Å²) in [4.78, 5) is 50.1. The maximum absolute atomic E-state index is 12.9. The summed E-state index contributed by atoms with van der Waals surface area (Å²) in [6.45, 7) is 2.65. The smallest absolute Gasteiger partial charge is 0.297 e. The van der Waals surface area contributed by atoms with E-state index in [1.165, 1.54) is 24.3 Å². The van der Waals surface area contributed by atoms with E-state index in [1.807, 2.05) is 6.92 Å². The van der Waals surface area contributed by atoms with Crippen molar-refractivity contribution in [2.24, 2.45) is 0 Å². The SMILES string of the molecule is Cc1ccc(S(=O)(=O)OCCOCCOCCOc2ccc3c(c2)C(=O)N(C2CCC(=O)NC2=O)C3=O)cc1. The Kier molecular flexibility index (Phi) is 9.07. The first-order valence-electron chi connectivity index (χ1n) is 12.3. The van der Waals surface area contributed by atoms with E-state index in [0.717, 1.165) is 10.5 Å². The van der Waals surface area contributed by atoms with Gasteiger partial charge in [-0.15, -0.1) is 0 Å². The highest BCUT2D eigenvalue weighted by Crippen LogP contribution is 2.30. The third-order valence-corrected chi connectivity index (χ3v) is 7.38. The van der Waals surface area contributed by atoms with Crippen LogP contribution in [0, 0.1) is 6.92 Å². The van der Waals surface area contributed by atoms with Crippen molar-refractivity contribution in [3.63, 3.8) is 0 Å². The van der Waals surface area contributed by atoms with Crippen LogP contribution >= 0.6 is 0 Å².